The summed E-state index contributed by atoms with van der Waals surface area (Å²) in [6.07, 6.45) is -3.42. The summed E-state index contributed by atoms with van der Waals surface area (Å²) in [5.74, 6) is -3.40. The molecule has 0 aliphatic carbocycles. The maximum Gasteiger partial charge on any atom is 0.416 e. The van der Waals surface area contributed by atoms with Gasteiger partial charge in [-0.3, -0.25) is 9.59 Å². The van der Waals surface area contributed by atoms with Crippen molar-refractivity contribution >= 4 is 28.6 Å². The molecule has 0 atom stereocenters. The summed E-state index contributed by atoms with van der Waals surface area (Å²) in [5, 5.41) is -0.907. The lowest BCUT2D eigenvalue weighted by Gasteiger charge is -2.39. The third-order valence-corrected chi connectivity index (χ3v) is 10.0. The maximum absolute atomic E-state index is 15.0. The number of benzene rings is 4. The first-order chi connectivity index (χ1) is 27.8. The number of nitrogens with zero attached hydrogens (tertiary/aromatic N) is 3. The van der Waals surface area contributed by atoms with E-state index in [1.807, 2.05) is 0 Å². The van der Waals surface area contributed by atoms with E-state index in [-0.39, 0.29) is 35.4 Å². The highest BCUT2D eigenvalue weighted by Crippen LogP contribution is 2.32. The van der Waals surface area contributed by atoms with Crippen molar-refractivity contribution in [1.82, 2.24) is 14.4 Å². The molecular weight excluding hydrogens is 710 g/mol. The second-order valence-corrected chi connectivity index (χ2v) is 13.5. The van der Waals surface area contributed by atoms with Gasteiger partial charge < -0.3 is 19.1 Å². The summed E-state index contributed by atoms with van der Waals surface area (Å²) in [6, 6.07) is 12.0. The number of aromatic nitrogens is 1. The molecule has 0 spiro atoms. The Labute approximate surface area is 317 Å². The number of fused-ring (bicyclic) bond motifs is 1. The van der Waals surface area contributed by atoms with Crippen molar-refractivity contribution in [3.8, 4) is 11.1 Å². The van der Waals surface area contributed by atoms with Crippen LogP contribution in [0, 0.1) is 18.6 Å². The number of carbonyl (C=O) groups excluding carboxylic acids is 1. The van der Waals surface area contributed by atoms with Gasteiger partial charge in [0.15, 0.2) is 17.1 Å². The summed E-state index contributed by atoms with van der Waals surface area (Å²) < 4.78 is 128. The number of rotatable bonds is 12. The standard InChI is InChI=1S/C41H40F5N3O3S/c1-27-6-15-36-34(22-27)37(50)23-39(53-26-31-4-3-5-35(42)40(31)43)49(36)25-38(51)48(33-16-18-47(19-17-33)20-21-52-2)24-28-7-9-29(10-8-28)30-11-13-32(14-12-30)41(44,45)46/h3-15,22-23,33H,16-21,24-26H2,1-2H3/i6D,15D,22D,23D,26D2. The highest BCUT2D eigenvalue weighted by Gasteiger charge is 2.31. The normalized spacial score (nSPS) is 16.1. The summed E-state index contributed by atoms with van der Waals surface area (Å²) in [7, 11) is 1.60. The van der Waals surface area contributed by atoms with Crippen molar-refractivity contribution in [2.45, 2.75) is 55.8 Å². The summed E-state index contributed by atoms with van der Waals surface area (Å²) in [5.41, 5.74) is -3.92. The average Bonchev–Trinajstić information content (AvgIpc) is 3.21. The molecule has 1 aliphatic heterocycles. The molecule has 0 bridgehead atoms. The Morgan fingerprint density at radius 3 is 2.34 bits per heavy atom. The third-order valence-electron chi connectivity index (χ3n) is 9.17. The van der Waals surface area contributed by atoms with Gasteiger partial charge >= 0.3 is 6.18 Å². The highest BCUT2D eigenvalue weighted by molar-refractivity contribution is 7.98. The maximum atomic E-state index is 15.0. The zero-order valence-electron chi connectivity index (χ0n) is 34.9. The zero-order chi connectivity index (χ0) is 43.0. The van der Waals surface area contributed by atoms with Crippen molar-refractivity contribution in [1.29, 1.82) is 0 Å². The minimum Gasteiger partial charge on any atom is -0.383 e. The van der Waals surface area contributed by atoms with Crippen molar-refractivity contribution in [2.24, 2.45) is 0 Å². The van der Waals surface area contributed by atoms with E-state index in [0.717, 1.165) is 34.9 Å². The van der Waals surface area contributed by atoms with Crippen LogP contribution in [-0.2, 0) is 34.5 Å². The lowest BCUT2D eigenvalue weighted by atomic mass is 10.00. The number of ether oxygens (including phenoxy) is 1. The average molecular weight is 756 g/mol. The van der Waals surface area contributed by atoms with Gasteiger partial charge in [-0.25, -0.2) is 8.78 Å². The smallest absolute Gasteiger partial charge is 0.383 e. The van der Waals surface area contributed by atoms with Gasteiger partial charge in [-0.15, -0.1) is 11.8 Å². The van der Waals surface area contributed by atoms with E-state index < -0.39 is 87.1 Å². The fourth-order valence-corrected chi connectivity index (χ4v) is 7.05. The first-order valence-electron chi connectivity index (χ1n) is 19.9. The number of halogens is 5. The Kier molecular flexibility index (Phi) is 9.71. The van der Waals surface area contributed by atoms with Crippen molar-refractivity contribution in [3.05, 3.63) is 135 Å². The van der Waals surface area contributed by atoms with Gasteiger partial charge in [0.2, 0.25) is 5.91 Å². The van der Waals surface area contributed by atoms with Crippen LogP contribution in [0.5, 0.6) is 0 Å². The molecule has 0 radical (unpaired) electrons. The molecule has 278 valence electrons. The van der Waals surface area contributed by atoms with Crippen LogP contribution in [0.25, 0.3) is 22.0 Å². The Balaban J connectivity index is 1.43. The zero-order valence-corrected chi connectivity index (χ0v) is 29.8. The fraction of sp³-hybridized carbons (Fsp3) is 0.317. The molecule has 5 aromatic rings. The van der Waals surface area contributed by atoms with Crippen molar-refractivity contribution < 1.29 is 39.7 Å². The monoisotopic (exact) mass is 755 g/mol. The molecule has 1 aromatic heterocycles. The lowest BCUT2D eigenvalue weighted by Crippen LogP contribution is -2.48. The Morgan fingerprint density at radius 1 is 1.00 bits per heavy atom. The van der Waals surface area contributed by atoms with Crippen LogP contribution in [-0.4, -0.2) is 59.7 Å². The van der Waals surface area contributed by atoms with Crippen LogP contribution in [0.15, 0.2) is 101 Å². The molecule has 1 amide bonds. The van der Waals surface area contributed by atoms with Crippen LogP contribution in [0.2, 0.25) is 0 Å². The van der Waals surface area contributed by atoms with E-state index in [2.05, 4.69) is 4.90 Å². The van der Waals surface area contributed by atoms with E-state index in [0.29, 0.717) is 55.8 Å². The number of hydrogen-bond donors (Lipinski definition) is 0. The number of methoxy groups -OCH3 is 1. The van der Waals surface area contributed by atoms with E-state index in [1.165, 1.54) is 19.1 Å². The van der Waals surface area contributed by atoms with Gasteiger partial charge in [-0.05, 0) is 66.7 Å². The van der Waals surface area contributed by atoms with E-state index in [9.17, 15) is 27.2 Å². The number of carbonyl (C=O) groups is 1. The minimum atomic E-state index is -4.49. The highest BCUT2D eigenvalue weighted by atomic mass is 32.2. The number of hydrogen-bond acceptors (Lipinski definition) is 5. The van der Waals surface area contributed by atoms with Crippen LogP contribution in [0.1, 0.15) is 43.3 Å². The number of alkyl halides is 3. The predicted molar refractivity (Wildman–Crippen MR) is 198 cm³/mol. The molecule has 1 aliphatic rings. The van der Waals surface area contributed by atoms with E-state index in [1.54, 1.807) is 36.3 Å². The molecular formula is C41H40F5N3O3S. The van der Waals surface area contributed by atoms with Crippen LogP contribution in [0.4, 0.5) is 22.0 Å². The second kappa shape index (κ2) is 16.7. The fourth-order valence-electron chi connectivity index (χ4n) is 6.28. The Bertz CT molecular complexity index is 2430. The third kappa shape index (κ3) is 9.17. The Hall–Kier alpha value is -4.52. The first-order valence-corrected chi connectivity index (χ1v) is 17.7. The number of pyridine rings is 1. The van der Waals surface area contributed by atoms with Crippen molar-refractivity contribution in [2.75, 3.05) is 33.4 Å². The van der Waals surface area contributed by atoms with E-state index in [4.69, 9.17) is 13.0 Å². The molecule has 0 saturated carbocycles. The number of piperidine rings is 1. The molecule has 1 saturated heterocycles. The summed E-state index contributed by atoms with van der Waals surface area (Å²) >= 11 is 0.176. The quantitative estimate of drug-likeness (QED) is 0.0943. The Morgan fingerprint density at radius 2 is 1.68 bits per heavy atom. The lowest BCUT2D eigenvalue weighted by molar-refractivity contribution is -0.137. The molecule has 6 rings (SSSR count). The predicted octanol–water partition coefficient (Wildman–Crippen LogP) is 8.71. The molecule has 2 heterocycles. The van der Waals surface area contributed by atoms with Crippen molar-refractivity contribution in [3.63, 3.8) is 0 Å². The topological polar surface area (TPSA) is 54.8 Å². The SMILES string of the molecule is [2H]c1c(C)c([2H])c2c(=O)c([2H])c(SC([2H])([2H])c3cccc(F)c3F)n(CC(=O)N(Cc3ccc(-c4ccc(C(F)(F)F)cc4)cc3)C3CCN(CCOC)CC3)c2c1[2H]. The van der Waals surface area contributed by atoms with Gasteiger partial charge in [-0.1, -0.05) is 60.1 Å². The molecule has 4 aromatic carbocycles. The van der Waals surface area contributed by atoms with Gasteiger partial charge in [0, 0.05) is 64.8 Å². The van der Waals surface area contributed by atoms with E-state index >= 15 is 4.39 Å². The molecule has 12 heteroatoms. The van der Waals surface area contributed by atoms with Crippen LogP contribution in [0.3, 0.4) is 0 Å². The van der Waals surface area contributed by atoms with Gasteiger partial charge in [-0.2, -0.15) is 13.2 Å². The second-order valence-electron chi connectivity index (χ2n) is 12.7. The summed E-state index contributed by atoms with van der Waals surface area (Å²) in [4.78, 5) is 32.4. The molecule has 6 nitrogen and oxygen atoms in total. The largest absolute Gasteiger partial charge is 0.416 e. The molecule has 0 N–H and O–H groups in total. The first kappa shape index (κ1) is 30.9. The number of thioether (sulfide) groups is 1. The molecule has 53 heavy (non-hydrogen) atoms. The van der Waals surface area contributed by atoms with Gasteiger partial charge in [0.05, 0.1) is 28.2 Å². The molecule has 1 fully saturated rings. The minimum absolute atomic E-state index is 0.0176. The van der Waals surface area contributed by atoms with Gasteiger partial charge in [0.25, 0.3) is 0 Å². The number of amides is 1. The number of likely N-dealkylation sites (tertiary alicyclic amines) is 1. The van der Waals surface area contributed by atoms with Gasteiger partial charge in [0.1, 0.15) is 6.54 Å². The summed E-state index contributed by atoms with van der Waals surface area (Å²) in [6.45, 7) is 3.13. The molecule has 0 unspecified atom stereocenters. The van der Waals surface area contributed by atoms with Crippen LogP contribution < -0.4 is 5.43 Å². The van der Waals surface area contributed by atoms with Crippen LogP contribution >= 0.6 is 11.8 Å².